The van der Waals surface area contributed by atoms with Gasteiger partial charge in [0.15, 0.2) is 5.69 Å². The Balaban J connectivity index is 1.81. The van der Waals surface area contributed by atoms with E-state index >= 15 is 0 Å². The van der Waals surface area contributed by atoms with E-state index in [1.165, 1.54) is 9.58 Å². The zero-order valence-corrected chi connectivity index (χ0v) is 16.3. The molecule has 3 aromatic rings. The molecule has 2 heterocycles. The van der Waals surface area contributed by atoms with Crippen molar-refractivity contribution in [1.82, 2.24) is 14.7 Å². The minimum Gasteiger partial charge on any atom is -0.337 e. The molecule has 1 N–H and O–H groups in total. The predicted molar refractivity (Wildman–Crippen MR) is 109 cm³/mol. The van der Waals surface area contributed by atoms with Crippen LogP contribution >= 0.6 is 0 Å². The third-order valence-corrected chi connectivity index (χ3v) is 5.69. The first-order valence-electron chi connectivity index (χ1n) is 9.72. The van der Waals surface area contributed by atoms with Crippen molar-refractivity contribution >= 4 is 16.7 Å². The molecular weight excluding hydrogens is 352 g/mol. The lowest BCUT2D eigenvalue weighted by atomic mass is 10.0. The fourth-order valence-corrected chi connectivity index (χ4v) is 3.91. The van der Waals surface area contributed by atoms with E-state index in [4.69, 9.17) is 0 Å². The van der Waals surface area contributed by atoms with Gasteiger partial charge in [-0.05, 0) is 18.2 Å². The minimum atomic E-state index is -0.219. The average Bonchev–Trinajstić information content (AvgIpc) is 2.74. The molecule has 1 aliphatic rings. The summed E-state index contributed by atoms with van der Waals surface area (Å²) in [6, 6.07) is 16.7. The van der Waals surface area contributed by atoms with Crippen LogP contribution in [0.1, 0.15) is 23.3 Å². The van der Waals surface area contributed by atoms with E-state index < -0.39 is 0 Å². The number of hydrogen-bond acceptors (Lipinski definition) is 3. The molecule has 0 radical (unpaired) electrons. The smallest absolute Gasteiger partial charge is 0.279 e. The molecule has 0 bridgehead atoms. The Morgan fingerprint density at radius 1 is 1.04 bits per heavy atom. The van der Waals surface area contributed by atoms with Crippen LogP contribution in [-0.2, 0) is 0 Å². The Kier molecular flexibility index (Phi) is 4.96. The number of amides is 1. The summed E-state index contributed by atoms with van der Waals surface area (Å²) in [6.45, 7) is 2.11. The number of hydrogen-bond donors (Lipinski definition) is 1. The van der Waals surface area contributed by atoms with Crippen molar-refractivity contribution in [1.29, 1.82) is 0 Å². The quantitative estimate of drug-likeness (QED) is 0.745. The van der Waals surface area contributed by atoms with Crippen molar-refractivity contribution < 1.29 is 9.69 Å². The van der Waals surface area contributed by atoms with Gasteiger partial charge < -0.3 is 9.80 Å². The molecule has 4 rings (SSSR count). The number of likely N-dealkylation sites (tertiary alicyclic amines) is 1. The van der Waals surface area contributed by atoms with Crippen LogP contribution in [0.3, 0.4) is 0 Å². The van der Waals surface area contributed by atoms with Gasteiger partial charge in [-0.2, -0.15) is 9.78 Å². The summed E-state index contributed by atoms with van der Waals surface area (Å²) in [5.41, 5.74) is 0.759. The first-order valence-corrected chi connectivity index (χ1v) is 9.72. The number of nitrogens with zero attached hydrogens (tertiary/aromatic N) is 3. The summed E-state index contributed by atoms with van der Waals surface area (Å²) in [5.74, 6) is -0.134. The maximum Gasteiger partial charge on any atom is 0.279 e. The molecule has 6 heteroatoms. The van der Waals surface area contributed by atoms with Crippen LogP contribution in [0.5, 0.6) is 0 Å². The Morgan fingerprint density at radius 2 is 1.64 bits per heavy atom. The van der Waals surface area contributed by atoms with Crippen molar-refractivity contribution in [2.24, 2.45) is 0 Å². The molecule has 1 saturated heterocycles. The summed E-state index contributed by atoms with van der Waals surface area (Å²) < 4.78 is 1.34. The third-order valence-electron chi connectivity index (χ3n) is 5.69. The van der Waals surface area contributed by atoms with Gasteiger partial charge in [0.05, 0.1) is 31.2 Å². The van der Waals surface area contributed by atoms with E-state index in [1.807, 2.05) is 49.5 Å². The van der Waals surface area contributed by atoms with E-state index in [0.29, 0.717) is 22.2 Å². The molecule has 6 nitrogen and oxygen atoms in total. The topological polar surface area (TPSA) is 59.6 Å². The van der Waals surface area contributed by atoms with Crippen LogP contribution < -0.4 is 10.5 Å². The summed E-state index contributed by atoms with van der Waals surface area (Å²) in [7, 11) is 4.03. The molecule has 1 fully saturated rings. The molecule has 1 aromatic heterocycles. The van der Waals surface area contributed by atoms with Gasteiger partial charge in [0.25, 0.3) is 11.5 Å². The molecule has 0 spiro atoms. The summed E-state index contributed by atoms with van der Waals surface area (Å²) >= 11 is 0. The van der Waals surface area contributed by atoms with E-state index in [0.717, 1.165) is 25.9 Å². The van der Waals surface area contributed by atoms with Gasteiger partial charge in [-0.15, -0.1) is 0 Å². The number of benzene rings is 2. The van der Waals surface area contributed by atoms with Gasteiger partial charge >= 0.3 is 0 Å². The van der Waals surface area contributed by atoms with Crippen molar-refractivity contribution in [3.05, 3.63) is 70.6 Å². The first-order chi connectivity index (χ1) is 13.6. The lowest BCUT2D eigenvalue weighted by molar-refractivity contribution is -0.885. The lowest BCUT2D eigenvalue weighted by Gasteiger charge is -2.33. The minimum absolute atomic E-state index is 0.134. The molecule has 0 aliphatic carbocycles. The highest BCUT2D eigenvalue weighted by Gasteiger charge is 2.29. The highest BCUT2D eigenvalue weighted by Crippen LogP contribution is 2.19. The number of quaternary nitrogens is 1. The van der Waals surface area contributed by atoms with Crippen molar-refractivity contribution in [2.45, 2.75) is 18.9 Å². The third kappa shape index (κ3) is 3.31. The van der Waals surface area contributed by atoms with E-state index in [9.17, 15) is 9.59 Å². The summed E-state index contributed by atoms with van der Waals surface area (Å²) in [4.78, 5) is 29.7. The number of fused-ring (bicyclic) bond motifs is 1. The number of carbonyl (C=O) groups is 1. The molecular formula is C22H25N4O2+. The second kappa shape index (κ2) is 7.56. The average molecular weight is 377 g/mol. The number of carbonyl (C=O) groups excluding carboxylic acids is 1. The van der Waals surface area contributed by atoms with Crippen LogP contribution in [0.25, 0.3) is 16.5 Å². The lowest BCUT2D eigenvalue weighted by Crippen LogP contribution is -3.10. The van der Waals surface area contributed by atoms with Crippen LogP contribution in [0.4, 0.5) is 0 Å². The monoisotopic (exact) mass is 377 g/mol. The number of piperidine rings is 1. The summed E-state index contributed by atoms with van der Waals surface area (Å²) in [5, 5.41) is 5.62. The van der Waals surface area contributed by atoms with Crippen molar-refractivity contribution in [3.8, 4) is 5.69 Å². The van der Waals surface area contributed by atoms with Crippen LogP contribution in [-0.4, -0.2) is 53.8 Å². The van der Waals surface area contributed by atoms with E-state index in [2.05, 4.69) is 12.1 Å². The van der Waals surface area contributed by atoms with E-state index in [1.54, 1.807) is 17.0 Å². The molecule has 0 atom stereocenters. The van der Waals surface area contributed by atoms with Crippen LogP contribution in [0, 0.1) is 0 Å². The molecule has 144 valence electrons. The van der Waals surface area contributed by atoms with E-state index in [-0.39, 0.29) is 17.5 Å². The zero-order chi connectivity index (χ0) is 19.7. The summed E-state index contributed by atoms with van der Waals surface area (Å²) in [6.07, 6.45) is 1.95. The van der Waals surface area contributed by atoms with Gasteiger partial charge in [-0.25, -0.2) is 0 Å². The van der Waals surface area contributed by atoms with Crippen LogP contribution in [0.2, 0.25) is 0 Å². The number of para-hydroxylation sites is 1. The molecule has 28 heavy (non-hydrogen) atoms. The first kappa shape index (κ1) is 18.4. The fourth-order valence-electron chi connectivity index (χ4n) is 3.91. The zero-order valence-electron chi connectivity index (χ0n) is 16.3. The molecule has 1 amide bonds. The SMILES string of the molecule is CN(C(=O)c1nn(-c2ccccc2)c(=O)c2ccccc12)C1CC[NH+](C)CC1. The predicted octanol–water partition coefficient (Wildman–Crippen LogP) is 1.13. The number of nitrogens with one attached hydrogen (secondary N) is 1. The molecule has 0 saturated carbocycles. The maximum atomic E-state index is 13.4. The Morgan fingerprint density at radius 3 is 2.32 bits per heavy atom. The van der Waals surface area contributed by atoms with Crippen molar-refractivity contribution in [2.75, 3.05) is 27.2 Å². The fraction of sp³-hybridized carbons (Fsp3) is 0.318. The second-order valence-electron chi connectivity index (χ2n) is 7.55. The van der Waals surface area contributed by atoms with Crippen molar-refractivity contribution in [3.63, 3.8) is 0 Å². The van der Waals surface area contributed by atoms with Crippen LogP contribution in [0.15, 0.2) is 59.4 Å². The van der Waals surface area contributed by atoms with Gasteiger partial charge in [0.1, 0.15) is 0 Å². The largest absolute Gasteiger partial charge is 0.337 e. The molecule has 2 aromatic carbocycles. The number of rotatable bonds is 3. The Hall–Kier alpha value is -2.99. The molecule has 1 aliphatic heterocycles. The van der Waals surface area contributed by atoms with Gasteiger partial charge in [0, 0.05) is 31.3 Å². The second-order valence-corrected chi connectivity index (χ2v) is 7.55. The maximum absolute atomic E-state index is 13.4. The van der Waals surface area contributed by atoms with Gasteiger partial charge in [-0.3, -0.25) is 9.59 Å². The number of aromatic nitrogens is 2. The van der Waals surface area contributed by atoms with Gasteiger partial charge in [0.2, 0.25) is 0 Å². The van der Waals surface area contributed by atoms with Gasteiger partial charge in [-0.1, -0.05) is 36.4 Å². The highest BCUT2D eigenvalue weighted by atomic mass is 16.2. The molecule has 0 unspecified atom stereocenters. The Labute approximate surface area is 164 Å². The Bertz CT molecular complexity index is 1050. The standard InChI is InChI=1S/C22H24N4O2/c1-24-14-12-16(13-15-24)25(2)22(28)20-18-10-6-7-11-19(18)21(27)26(23-20)17-8-4-3-5-9-17/h3-11,16H,12-15H2,1-2H3/p+1. The normalized spacial score (nSPS) is 19.5. The highest BCUT2D eigenvalue weighted by molar-refractivity contribution is 6.04.